The number of hydrogen-bond acceptors (Lipinski definition) is 2. The molecule has 2 aromatic rings. The Kier molecular flexibility index (Phi) is 3.27. The minimum atomic E-state index is 0.0213. The molecule has 0 unspecified atom stereocenters. The molecule has 0 bridgehead atoms. The highest BCUT2D eigenvalue weighted by Gasteiger charge is 2.07. The van der Waals surface area contributed by atoms with Crippen LogP contribution >= 0.6 is 0 Å². The quantitative estimate of drug-likeness (QED) is 0.853. The second-order valence-electron chi connectivity index (χ2n) is 3.43. The van der Waals surface area contributed by atoms with Crippen molar-refractivity contribution in [2.45, 2.75) is 13.5 Å². The van der Waals surface area contributed by atoms with Crippen LogP contribution in [0.3, 0.4) is 0 Å². The molecule has 0 amide bonds. The van der Waals surface area contributed by atoms with E-state index in [1.54, 1.807) is 0 Å². The summed E-state index contributed by atoms with van der Waals surface area (Å²) in [4.78, 5) is 0. The van der Waals surface area contributed by atoms with Crippen LogP contribution < -0.4 is 4.74 Å². The third kappa shape index (κ3) is 1.95. The molecule has 3 heteroatoms. The van der Waals surface area contributed by atoms with Crippen LogP contribution in [0, 0.1) is 0 Å². The third-order valence-electron chi connectivity index (χ3n) is 2.42. The van der Waals surface area contributed by atoms with Crippen molar-refractivity contribution in [2.75, 3.05) is 6.61 Å². The Morgan fingerprint density at radius 3 is 2.75 bits per heavy atom. The van der Waals surface area contributed by atoms with Crippen molar-refractivity contribution in [3.8, 4) is 11.4 Å². The lowest BCUT2D eigenvalue weighted by Gasteiger charge is -2.13. The topological polar surface area (TPSA) is 34.4 Å². The van der Waals surface area contributed by atoms with E-state index in [0.717, 1.165) is 17.1 Å². The molecule has 3 nitrogen and oxygen atoms in total. The molecule has 0 aliphatic heterocycles. The molecule has 0 aliphatic rings. The molecule has 0 atom stereocenters. The van der Waals surface area contributed by atoms with E-state index in [-0.39, 0.29) is 6.61 Å². The summed E-state index contributed by atoms with van der Waals surface area (Å²) in [6, 6.07) is 11.6. The van der Waals surface area contributed by atoms with Crippen LogP contribution in [0.25, 0.3) is 5.69 Å². The molecule has 1 heterocycles. The lowest BCUT2D eigenvalue weighted by Crippen LogP contribution is -2.02. The minimum absolute atomic E-state index is 0.0213. The lowest BCUT2D eigenvalue weighted by molar-refractivity contribution is 0.274. The molecule has 0 saturated heterocycles. The van der Waals surface area contributed by atoms with Gasteiger partial charge in [0.05, 0.1) is 18.9 Å². The van der Waals surface area contributed by atoms with Gasteiger partial charge in [-0.05, 0) is 31.2 Å². The van der Waals surface area contributed by atoms with Gasteiger partial charge in [-0.25, -0.2) is 0 Å². The second kappa shape index (κ2) is 4.86. The Bertz CT molecular complexity index is 462. The van der Waals surface area contributed by atoms with Gasteiger partial charge < -0.3 is 14.4 Å². The monoisotopic (exact) mass is 217 g/mol. The van der Waals surface area contributed by atoms with E-state index < -0.39 is 0 Å². The highest BCUT2D eigenvalue weighted by atomic mass is 16.5. The molecular weight excluding hydrogens is 202 g/mol. The predicted molar refractivity (Wildman–Crippen MR) is 62.9 cm³/mol. The second-order valence-corrected chi connectivity index (χ2v) is 3.43. The third-order valence-corrected chi connectivity index (χ3v) is 2.42. The number of aromatic nitrogens is 1. The van der Waals surface area contributed by atoms with Gasteiger partial charge in [-0.3, -0.25) is 0 Å². The summed E-state index contributed by atoms with van der Waals surface area (Å²) < 4.78 is 7.49. The summed E-state index contributed by atoms with van der Waals surface area (Å²) in [5.74, 6) is 0.830. The van der Waals surface area contributed by atoms with Gasteiger partial charge in [0.25, 0.3) is 0 Å². The smallest absolute Gasteiger partial charge is 0.143 e. The number of nitrogens with zero attached hydrogens (tertiary/aromatic N) is 1. The van der Waals surface area contributed by atoms with Crippen LogP contribution in [-0.4, -0.2) is 16.3 Å². The summed E-state index contributed by atoms with van der Waals surface area (Å²) >= 11 is 0. The maximum absolute atomic E-state index is 9.23. The van der Waals surface area contributed by atoms with E-state index in [0.29, 0.717) is 6.61 Å². The largest absolute Gasteiger partial charge is 0.492 e. The van der Waals surface area contributed by atoms with Gasteiger partial charge in [-0.2, -0.15) is 0 Å². The molecule has 16 heavy (non-hydrogen) atoms. The molecule has 1 aromatic carbocycles. The number of hydrogen-bond donors (Lipinski definition) is 1. The predicted octanol–water partition coefficient (Wildman–Crippen LogP) is 2.37. The summed E-state index contributed by atoms with van der Waals surface area (Å²) in [7, 11) is 0. The summed E-state index contributed by atoms with van der Waals surface area (Å²) in [5, 5.41) is 9.23. The minimum Gasteiger partial charge on any atom is -0.492 e. The van der Waals surface area contributed by atoms with Gasteiger partial charge in [-0.1, -0.05) is 12.1 Å². The molecule has 0 fully saturated rings. The van der Waals surface area contributed by atoms with Crippen LogP contribution in [0.2, 0.25) is 0 Å². The Hall–Kier alpha value is -1.74. The molecule has 2 rings (SSSR count). The van der Waals surface area contributed by atoms with E-state index in [4.69, 9.17) is 4.74 Å². The van der Waals surface area contributed by atoms with Crippen molar-refractivity contribution in [2.24, 2.45) is 0 Å². The molecule has 0 saturated carbocycles. The van der Waals surface area contributed by atoms with Crippen LogP contribution in [0.4, 0.5) is 0 Å². The first-order chi connectivity index (χ1) is 7.86. The first kappa shape index (κ1) is 10.8. The van der Waals surface area contributed by atoms with E-state index in [2.05, 4.69) is 0 Å². The Labute approximate surface area is 94.9 Å². The average molecular weight is 217 g/mol. The fourth-order valence-electron chi connectivity index (χ4n) is 1.71. The molecule has 0 spiro atoms. The van der Waals surface area contributed by atoms with E-state index in [9.17, 15) is 5.11 Å². The van der Waals surface area contributed by atoms with Crippen LogP contribution in [0.1, 0.15) is 12.6 Å². The Morgan fingerprint density at radius 1 is 1.19 bits per heavy atom. The van der Waals surface area contributed by atoms with E-state index in [1.165, 1.54) is 0 Å². The van der Waals surface area contributed by atoms with Gasteiger partial charge >= 0.3 is 0 Å². The Balaban J connectivity index is 2.46. The first-order valence-electron chi connectivity index (χ1n) is 5.36. The maximum atomic E-state index is 9.23. The summed E-state index contributed by atoms with van der Waals surface area (Å²) in [6.07, 6.45) is 1.92. The zero-order valence-electron chi connectivity index (χ0n) is 9.26. The molecule has 0 radical (unpaired) electrons. The first-order valence-corrected chi connectivity index (χ1v) is 5.36. The van der Waals surface area contributed by atoms with Gasteiger partial charge in [0.15, 0.2) is 0 Å². The van der Waals surface area contributed by atoms with Crippen molar-refractivity contribution in [1.82, 2.24) is 4.57 Å². The van der Waals surface area contributed by atoms with E-state index in [1.807, 2.05) is 54.1 Å². The fraction of sp³-hybridized carbons (Fsp3) is 0.231. The summed E-state index contributed by atoms with van der Waals surface area (Å²) in [5.41, 5.74) is 1.81. The van der Waals surface area contributed by atoms with Crippen LogP contribution in [-0.2, 0) is 6.61 Å². The standard InChI is InChI=1S/C13H15NO2/c1-2-16-13-8-4-3-7-12(13)14-9-5-6-11(14)10-15/h3-9,15H,2,10H2,1H3. The lowest BCUT2D eigenvalue weighted by atomic mass is 10.3. The van der Waals surface area contributed by atoms with Crippen molar-refractivity contribution < 1.29 is 9.84 Å². The number of benzene rings is 1. The van der Waals surface area contributed by atoms with Crippen molar-refractivity contribution in [1.29, 1.82) is 0 Å². The van der Waals surface area contributed by atoms with Crippen molar-refractivity contribution in [3.63, 3.8) is 0 Å². The van der Waals surface area contributed by atoms with Crippen molar-refractivity contribution >= 4 is 0 Å². The average Bonchev–Trinajstić information content (AvgIpc) is 2.78. The van der Waals surface area contributed by atoms with Gasteiger partial charge in [0.2, 0.25) is 0 Å². The van der Waals surface area contributed by atoms with Crippen LogP contribution in [0.5, 0.6) is 5.75 Å². The highest BCUT2D eigenvalue weighted by Crippen LogP contribution is 2.24. The number of ether oxygens (including phenoxy) is 1. The van der Waals surface area contributed by atoms with E-state index >= 15 is 0 Å². The molecular formula is C13H15NO2. The summed E-state index contributed by atoms with van der Waals surface area (Å²) in [6.45, 7) is 2.61. The maximum Gasteiger partial charge on any atom is 0.143 e. The van der Waals surface area contributed by atoms with Crippen molar-refractivity contribution in [3.05, 3.63) is 48.3 Å². The SMILES string of the molecule is CCOc1ccccc1-n1cccc1CO. The van der Waals surface area contributed by atoms with Crippen LogP contribution in [0.15, 0.2) is 42.6 Å². The number of aliphatic hydroxyl groups excluding tert-OH is 1. The molecule has 84 valence electrons. The number of aliphatic hydroxyl groups is 1. The normalized spacial score (nSPS) is 10.4. The number of para-hydroxylation sites is 2. The Morgan fingerprint density at radius 2 is 2.00 bits per heavy atom. The zero-order valence-corrected chi connectivity index (χ0v) is 9.26. The fourth-order valence-corrected chi connectivity index (χ4v) is 1.71. The van der Waals surface area contributed by atoms with Gasteiger partial charge in [-0.15, -0.1) is 0 Å². The van der Waals surface area contributed by atoms with Gasteiger partial charge in [0.1, 0.15) is 5.75 Å². The molecule has 0 aliphatic carbocycles. The zero-order chi connectivity index (χ0) is 11.4. The molecule has 1 aromatic heterocycles. The molecule has 1 N–H and O–H groups in total. The van der Waals surface area contributed by atoms with Gasteiger partial charge in [0, 0.05) is 11.9 Å². The highest BCUT2D eigenvalue weighted by molar-refractivity contribution is 5.48. The number of rotatable bonds is 4.